The van der Waals surface area contributed by atoms with E-state index in [0.717, 1.165) is 0 Å². The van der Waals surface area contributed by atoms with E-state index in [-0.39, 0.29) is 30.6 Å². The van der Waals surface area contributed by atoms with Crippen molar-refractivity contribution < 1.29 is 38.7 Å². The zero-order chi connectivity index (χ0) is 19.7. The Morgan fingerprint density at radius 1 is 1.22 bits per heavy atom. The van der Waals surface area contributed by atoms with Crippen LogP contribution in [0, 0.1) is 0 Å². The molecule has 0 spiro atoms. The molecule has 10 nitrogen and oxygen atoms in total. The summed E-state index contributed by atoms with van der Waals surface area (Å²) in [6.07, 6.45) is 1.39. The van der Waals surface area contributed by atoms with Gasteiger partial charge in [0.05, 0.1) is 39.2 Å². The molecular weight excluding hydrogens is 360 g/mol. The lowest BCUT2D eigenvalue weighted by atomic mass is 10.1. The Labute approximate surface area is 156 Å². The van der Waals surface area contributed by atoms with Gasteiger partial charge in [-0.1, -0.05) is 0 Å². The second-order valence-corrected chi connectivity index (χ2v) is 5.89. The summed E-state index contributed by atoms with van der Waals surface area (Å²) in [5.74, 6) is -0.995. The monoisotopic (exact) mass is 384 g/mol. The number of methoxy groups -OCH3 is 1. The predicted octanol–water partition coefficient (Wildman–Crippen LogP) is 0.466. The molecule has 27 heavy (non-hydrogen) atoms. The average Bonchev–Trinajstić information content (AvgIpc) is 3.04. The van der Waals surface area contributed by atoms with E-state index in [9.17, 15) is 9.90 Å². The number of pyridine rings is 1. The van der Waals surface area contributed by atoms with E-state index in [0.29, 0.717) is 38.8 Å². The summed E-state index contributed by atoms with van der Waals surface area (Å²) in [4.78, 5) is 19.2. The highest BCUT2D eigenvalue weighted by molar-refractivity contribution is 5.99. The van der Waals surface area contributed by atoms with Crippen LogP contribution in [0.5, 0.6) is 11.5 Å². The van der Waals surface area contributed by atoms with Crippen molar-refractivity contribution in [3.05, 3.63) is 18.0 Å². The Bertz CT molecular complexity index is 666. The topological polar surface area (TPSA) is 129 Å². The van der Waals surface area contributed by atoms with Gasteiger partial charge in [0.1, 0.15) is 19.0 Å². The molecule has 1 unspecified atom stereocenters. The number of hydrogen-bond donors (Lipinski definition) is 2. The van der Waals surface area contributed by atoms with Gasteiger partial charge in [-0.05, 0) is 6.92 Å². The minimum Gasteiger partial charge on any atom is -0.505 e. The number of rotatable bonds is 12. The van der Waals surface area contributed by atoms with Gasteiger partial charge in [-0.3, -0.25) is 0 Å². The molecule has 1 aliphatic rings. The molecule has 0 radical (unpaired) electrons. The summed E-state index contributed by atoms with van der Waals surface area (Å²) in [5, 5.41) is 19.2. The van der Waals surface area contributed by atoms with E-state index < -0.39 is 11.5 Å². The number of hydrogen-bond acceptors (Lipinski definition) is 9. The molecule has 2 heterocycles. The fourth-order valence-electron chi connectivity index (χ4n) is 2.09. The third-order valence-corrected chi connectivity index (χ3v) is 3.64. The van der Waals surface area contributed by atoms with Gasteiger partial charge in [-0.2, -0.15) is 0 Å². The molecule has 1 atom stereocenters. The minimum absolute atomic E-state index is 0.0132. The molecule has 1 aromatic heterocycles. The minimum atomic E-state index is -1.39. The molecule has 0 saturated carbocycles. The summed E-state index contributed by atoms with van der Waals surface area (Å²) in [6, 6.07) is 1.36. The van der Waals surface area contributed by atoms with Crippen molar-refractivity contribution in [1.82, 2.24) is 4.98 Å². The van der Waals surface area contributed by atoms with Crippen LogP contribution in [0.3, 0.4) is 0 Å². The first-order valence-corrected chi connectivity index (χ1v) is 8.39. The quantitative estimate of drug-likeness (QED) is 0.494. The Morgan fingerprint density at radius 3 is 2.48 bits per heavy atom. The lowest BCUT2D eigenvalue weighted by molar-refractivity contribution is -0.142. The first-order chi connectivity index (χ1) is 13.0. The SMILES string of the molecule is COCCOCCOCCOc1cnc(C2=NC(C)(C(=O)O)CO2)c(O)c1. The Balaban J connectivity index is 1.76. The summed E-state index contributed by atoms with van der Waals surface area (Å²) in [5.41, 5.74) is -1.32. The first-order valence-electron chi connectivity index (χ1n) is 8.39. The van der Waals surface area contributed by atoms with Gasteiger partial charge < -0.3 is 33.9 Å². The van der Waals surface area contributed by atoms with Crippen LogP contribution in [-0.4, -0.2) is 86.0 Å². The number of nitrogens with zero attached hydrogens (tertiary/aromatic N) is 2. The van der Waals surface area contributed by atoms with Crippen molar-refractivity contribution in [3.8, 4) is 11.5 Å². The molecule has 2 N–H and O–H groups in total. The maximum atomic E-state index is 11.2. The molecule has 0 bridgehead atoms. The fraction of sp³-hybridized carbons (Fsp3) is 0.588. The number of aromatic hydroxyl groups is 1. The van der Waals surface area contributed by atoms with Crippen LogP contribution in [0.25, 0.3) is 0 Å². The Morgan fingerprint density at radius 2 is 1.89 bits per heavy atom. The van der Waals surface area contributed by atoms with Crippen molar-refractivity contribution in [2.24, 2.45) is 4.99 Å². The van der Waals surface area contributed by atoms with Gasteiger partial charge in [-0.15, -0.1) is 0 Å². The lowest BCUT2D eigenvalue weighted by Crippen LogP contribution is -2.34. The van der Waals surface area contributed by atoms with Gasteiger partial charge in [0, 0.05) is 13.2 Å². The number of ether oxygens (including phenoxy) is 5. The number of aromatic nitrogens is 1. The van der Waals surface area contributed by atoms with Crippen LogP contribution in [0.15, 0.2) is 17.3 Å². The smallest absolute Gasteiger partial charge is 0.335 e. The molecule has 1 aliphatic heterocycles. The largest absolute Gasteiger partial charge is 0.505 e. The Kier molecular flexibility index (Phi) is 7.77. The zero-order valence-corrected chi connectivity index (χ0v) is 15.3. The zero-order valence-electron chi connectivity index (χ0n) is 15.3. The third-order valence-electron chi connectivity index (χ3n) is 3.64. The summed E-state index contributed by atoms with van der Waals surface area (Å²) in [7, 11) is 1.61. The highest BCUT2D eigenvalue weighted by Crippen LogP contribution is 2.27. The Hall–Kier alpha value is -2.43. The standard InChI is InChI=1S/C17H24N2O8/c1-17(16(21)22)11-27-15(19-17)14-13(20)9-12(10-18-14)26-8-7-25-6-5-24-4-3-23-2/h9-10,20H,3-8,11H2,1-2H3,(H,21,22). The maximum absolute atomic E-state index is 11.2. The van der Waals surface area contributed by atoms with Gasteiger partial charge in [0.2, 0.25) is 5.90 Å². The molecule has 0 aromatic carbocycles. The fourth-order valence-corrected chi connectivity index (χ4v) is 2.09. The van der Waals surface area contributed by atoms with E-state index in [2.05, 4.69) is 9.98 Å². The van der Waals surface area contributed by atoms with E-state index in [4.69, 9.17) is 28.8 Å². The summed E-state index contributed by atoms with van der Waals surface area (Å²) >= 11 is 0. The van der Waals surface area contributed by atoms with Crippen molar-refractivity contribution in [2.75, 3.05) is 53.4 Å². The van der Waals surface area contributed by atoms with Crippen LogP contribution in [0.1, 0.15) is 12.6 Å². The van der Waals surface area contributed by atoms with Crippen LogP contribution in [0.2, 0.25) is 0 Å². The van der Waals surface area contributed by atoms with Gasteiger partial charge >= 0.3 is 5.97 Å². The van der Waals surface area contributed by atoms with Crippen molar-refractivity contribution in [2.45, 2.75) is 12.5 Å². The number of carboxylic acids is 1. The maximum Gasteiger partial charge on any atom is 0.335 e. The number of aliphatic carboxylic acids is 1. The molecule has 150 valence electrons. The average molecular weight is 384 g/mol. The van der Waals surface area contributed by atoms with E-state index >= 15 is 0 Å². The number of aliphatic imine (C=N–C) groups is 1. The molecule has 2 rings (SSSR count). The molecule has 0 aliphatic carbocycles. The number of carbonyl (C=O) groups is 1. The third kappa shape index (κ3) is 6.05. The molecule has 10 heteroatoms. The normalized spacial score (nSPS) is 18.8. The van der Waals surface area contributed by atoms with E-state index in [1.165, 1.54) is 19.2 Å². The van der Waals surface area contributed by atoms with Crippen LogP contribution in [-0.2, 0) is 23.7 Å². The van der Waals surface area contributed by atoms with E-state index in [1.54, 1.807) is 7.11 Å². The van der Waals surface area contributed by atoms with Crippen LogP contribution < -0.4 is 4.74 Å². The molecular formula is C17H24N2O8. The van der Waals surface area contributed by atoms with Crippen molar-refractivity contribution in [3.63, 3.8) is 0 Å². The van der Waals surface area contributed by atoms with Crippen LogP contribution in [0.4, 0.5) is 0 Å². The second kappa shape index (κ2) is 10.0. The number of carboxylic acid groups (broad SMARTS) is 1. The van der Waals surface area contributed by atoms with Gasteiger partial charge in [0.15, 0.2) is 17.0 Å². The first kappa shape index (κ1) is 20.9. The molecule has 1 aromatic rings. The molecule has 0 fully saturated rings. The van der Waals surface area contributed by atoms with Crippen molar-refractivity contribution in [1.29, 1.82) is 0 Å². The van der Waals surface area contributed by atoms with Crippen molar-refractivity contribution >= 4 is 11.9 Å². The van der Waals surface area contributed by atoms with Gasteiger partial charge in [0.25, 0.3) is 0 Å². The molecule has 0 saturated heterocycles. The second-order valence-electron chi connectivity index (χ2n) is 5.89. The van der Waals surface area contributed by atoms with E-state index in [1.807, 2.05) is 0 Å². The van der Waals surface area contributed by atoms with Crippen LogP contribution >= 0.6 is 0 Å². The highest BCUT2D eigenvalue weighted by Gasteiger charge is 2.40. The van der Waals surface area contributed by atoms with Gasteiger partial charge in [-0.25, -0.2) is 14.8 Å². The predicted molar refractivity (Wildman–Crippen MR) is 93.4 cm³/mol. The molecule has 0 amide bonds. The summed E-state index contributed by atoms with van der Waals surface area (Å²) < 4.78 is 26.2. The lowest BCUT2D eigenvalue weighted by Gasteiger charge is -2.10. The summed E-state index contributed by atoms with van der Waals surface area (Å²) in [6.45, 7) is 3.91. The highest BCUT2D eigenvalue weighted by atomic mass is 16.6.